The molecule has 4 rings (SSSR count). The summed E-state index contributed by atoms with van der Waals surface area (Å²) in [5, 5.41) is 12.0. The Bertz CT molecular complexity index is 1190. The number of sulfonamides is 1. The van der Waals surface area contributed by atoms with Gasteiger partial charge in [0.1, 0.15) is 16.7 Å². The Kier molecular flexibility index (Phi) is 4.05. The lowest BCUT2D eigenvalue weighted by Crippen LogP contribution is -2.15. The van der Waals surface area contributed by atoms with E-state index in [4.69, 9.17) is 11.6 Å². The molecule has 2 aromatic heterocycles. The van der Waals surface area contributed by atoms with E-state index in [1.54, 1.807) is 18.2 Å². The van der Waals surface area contributed by atoms with Crippen molar-refractivity contribution in [3.8, 4) is 0 Å². The fourth-order valence-corrected chi connectivity index (χ4v) is 3.69. The second-order valence-electron chi connectivity index (χ2n) is 5.35. The van der Waals surface area contributed by atoms with Crippen LogP contribution in [0.2, 0.25) is 5.02 Å². The molecule has 0 aliphatic rings. The minimum atomic E-state index is -3.95. The molecule has 0 fully saturated rings. The van der Waals surface area contributed by atoms with E-state index in [1.165, 1.54) is 17.1 Å². The lowest BCUT2D eigenvalue weighted by Gasteiger charge is -2.05. The van der Waals surface area contributed by atoms with Crippen LogP contribution in [0.15, 0.2) is 58.3 Å². The molecule has 4 aromatic rings. The average Bonchev–Trinajstić information content (AvgIpc) is 3.25. The second-order valence-corrected chi connectivity index (χ2v) is 7.41. The Morgan fingerprint density at radius 2 is 1.96 bits per heavy atom. The van der Waals surface area contributed by atoms with Crippen LogP contribution in [-0.2, 0) is 16.6 Å². The Morgan fingerprint density at radius 1 is 1.12 bits per heavy atom. The summed E-state index contributed by atoms with van der Waals surface area (Å²) in [6, 6.07) is 11.8. The van der Waals surface area contributed by atoms with Crippen LogP contribution in [0.4, 0.5) is 5.95 Å². The minimum absolute atomic E-state index is 0.0643. The summed E-state index contributed by atoms with van der Waals surface area (Å²) in [6.45, 7) is 0.358. The summed E-state index contributed by atoms with van der Waals surface area (Å²) >= 11 is 6.12. The molecular weight excluding hydrogens is 380 g/mol. The summed E-state index contributed by atoms with van der Waals surface area (Å²) in [7, 11) is -3.95. The van der Waals surface area contributed by atoms with Gasteiger partial charge in [0, 0.05) is 5.02 Å². The third kappa shape index (κ3) is 3.11. The van der Waals surface area contributed by atoms with Crippen molar-refractivity contribution in [2.45, 2.75) is 11.4 Å². The largest absolute Gasteiger partial charge is 0.266 e. The van der Waals surface area contributed by atoms with Crippen molar-refractivity contribution in [3.63, 3.8) is 0 Å². The quantitative estimate of drug-likeness (QED) is 0.555. The molecule has 0 atom stereocenters. The van der Waals surface area contributed by atoms with E-state index in [0.29, 0.717) is 17.1 Å². The van der Waals surface area contributed by atoms with E-state index >= 15 is 0 Å². The van der Waals surface area contributed by atoms with Crippen LogP contribution in [0.5, 0.6) is 0 Å². The van der Waals surface area contributed by atoms with Crippen LogP contribution >= 0.6 is 11.6 Å². The van der Waals surface area contributed by atoms with Crippen LogP contribution in [0.1, 0.15) is 5.56 Å². The van der Waals surface area contributed by atoms with Gasteiger partial charge in [-0.25, -0.2) is 22.5 Å². The smallest absolute Gasteiger partial charge is 0.246 e. The molecule has 0 radical (unpaired) electrons. The van der Waals surface area contributed by atoms with Gasteiger partial charge in [-0.15, -0.1) is 5.10 Å². The summed E-state index contributed by atoms with van der Waals surface area (Å²) in [6.07, 6.45) is 1.42. The Labute approximate surface area is 152 Å². The standard InChI is InChI=1S/C15H11ClN6O3S/c16-11-5-2-1-4-10(11)8-22-9-17-15(18-22)21-26(23,24)13-7-3-6-12-14(13)20-25-19-12/h1-7,9H,8H2,(H,18,21). The van der Waals surface area contributed by atoms with Crippen LogP contribution in [0, 0.1) is 0 Å². The molecular formula is C15H11ClN6O3S. The highest BCUT2D eigenvalue weighted by Crippen LogP contribution is 2.21. The van der Waals surface area contributed by atoms with Gasteiger partial charge >= 0.3 is 0 Å². The third-order valence-corrected chi connectivity index (χ3v) is 5.32. The van der Waals surface area contributed by atoms with Gasteiger partial charge in [0.05, 0.1) is 6.54 Å². The SMILES string of the molecule is O=S(=O)(Nc1ncn(Cc2ccccc2Cl)n1)c1cccc2nonc12. The molecule has 0 aliphatic carbocycles. The zero-order valence-electron chi connectivity index (χ0n) is 13.1. The number of anilines is 1. The highest BCUT2D eigenvalue weighted by atomic mass is 35.5. The topological polar surface area (TPSA) is 116 Å². The van der Waals surface area contributed by atoms with Gasteiger partial charge in [0.25, 0.3) is 16.0 Å². The lowest BCUT2D eigenvalue weighted by atomic mass is 10.2. The monoisotopic (exact) mass is 390 g/mol. The average molecular weight is 391 g/mol. The molecule has 26 heavy (non-hydrogen) atoms. The van der Waals surface area contributed by atoms with Gasteiger partial charge in [-0.2, -0.15) is 4.98 Å². The first-order chi connectivity index (χ1) is 12.5. The van der Waals surface area contributed by atoms with E-state index < -0.39 is 10.0 Å². The van der Waals surface area contributed by atoms with Crippen molar-refractivity contribution >= 4 is 38.6 Å². The number of benzene rings is 2. The number of fused-ring (bicyclic) bond motifs is 1. The summed E-state index contributed by atoms with van der Waals surface area (Å²) in [5.74, 6) is -0.0643. The fraction of sp³-hybridized carbons (Fsp3) is 0.0667. The van der Waals surface area contributed by atoms with Crippen molar-refractivity contribution in [3.05, 3.63) is 59.4 Å². The molecule has 0 saturated heterocycles. The highest BCUT2D eigenvalue weighted by molar-refractivity contribution is 7.93. The van der Waals surface area contributed by atoms with Gasteiger partial charge in [0.15, 0.2) is 5.52 Å². The molecule has 2 heterocycles. The molecule has 0 aliphatic heterocycles. The van der Waals surface area contributed by atoms with Crippen molar-refractivity contribution in [1.29, 1.82) is 0 Å². The zero-order valence-corrected chi connectivity index (χ0v) is 14.6. The lowest BCUT2D eigenvalue weighted by molar-refractivity contribution is 0.315. The van der Waals surface area contributed by atoms with Gasteiger partial charge in [-0.3, -0.25) is 0 Å². The normalized spacial score (nSPS) is 11.7. The number of nitrogens with zero attached hydrogens (tertiary/aromatic N) is 5. The number of hydrogen-bond acceptors (Lipinski definition) is 7. The molecule has 1 N–H and O–H groups in total. The minimum Gasteiger partial charge on any atom is -0.246 e. The highest BCUT2D eigenvalue weighted by Gasteiger charge is 2.22. The van der Waals surface area contributed by atoms with Crippen molar-refractivity contribution < 1.29 is 13.0 Å². The predicted molar refractivity (Wildman–Crippen MR) is 93.2 cm³/mol. The van der Waals surface area contributed by atoms with Crippen LogP contribution < -0.4 is 4.72 Å². The third-order valence-electron chi connectivity index (χ3n) is 3.59. The predicted octanol–water partition coefficient (Wildman–Crippen LogP) is 2.32. The van der Waals surface area contributed by atoms with E-state index in [1.807, 2.05) is 18.2 Å². The number of hydrogen-bond donors (Lipinski definition) is 1. The number of halogens is 1. The van der Waals surface area contributed by atoms with E-state index in [-0.39, 0.29) is 16.4 Å². The first-order valence-electron chi connectivity index (χ1n) is 7.40. The number of rotatable bonds is 5. The van der Waals surface area contributed by atoms with E-state index in [2.05, 4.69) is 29.7 Å². The Balaban J connectivity index is 1.59. The molecule has 9 nitrogen and oxygen atoms in total. The van der Waals surface area contributed by atoms with Gasteiger partial charge < -0.3 is 0 Å². The number of aromatic nitrogens is 5. The molecule has 11 heteroatoms. The van der Waals surface area contributed by atoms with E-state index in [0.717, 1.165) is 5.56 Å². The van der Waals surface area contributed by atoms with Crippen molar-refractivity contribution in [2.24, 2.45) is 0 Å². The van der Waals surface area contributed by atoms with Gasteiger partial charge in [-0.1, -0.05) is 35.9 Å². The molecule has 2 aromatic carbocycles. The maximum atomic E-state index is 12.6. The van der Waals surface area contributed by atoms with Crippen LogP contribution in [-0.4, -0.2) is 33.5 Å². The second kappa shape index (κ2) is 6.39. The zero-order chi connectivity index (χ0) is 18.1. The maximum Gasteiger partial charge on any atom is 0.266 e. The molecule has 0 amide bonds. The Morgan fingerprint density at radius 3 is 2.81 bits per heavy atom. The Hall–Kier alpha value is -2.98. The van der Waals surface area contributed by atoms with Gasteiger partial charge in [0.2, 0.25) is 0 Å². The van der Waals surface area contributed by atoms with Crippen LogP contribution in [0.25, 0.3) is 11.0 Å². The molecule has 0 unspecified atom stereocenters. The maximum absolute atomic E-state index is 12.6. The molecule has 0 saturated carbocycles. The van der Waals surface area contributed by atoms with E-state index in [9.17, 15) is 8.42 Å². The first-order valence-corrected chi connectivity index (χ1v) is 9.26. The summed E-state index contributed by atoms with van der Waals surface area (Å²) < 4.78 is 33.6. The van der Waals surface area contributed by atoms with Crippen LogP contribution in [0.3, 0.4) is 0 Å². The number of nitrogens with one attached hydrogen (secondary N) is 1. The summed E-state index contributed by atoms with van der Waals surface area (Å²) in [5.41, 5.74) is 1.31. The molecule has 132 valence electrons. The van der Waals surface area contributed by atoms with Crippen molar-refractivity contribution in [1.82, 2.24) is 25.1 Å². The fourth-order valence-electron chi connectivity index (χ4n) is 2.39. The molecule has 0 spiro atoms. The van der Waals surface area contributed by atoms with Gasteiger partial charge in [-0.05, 0) is 34.1 Å². The molecule has 0 bridgehead atoms. The van der Waals surface area contributed by atoms with Crippen molar-refractivity contribution in [2.75, 3.05) is 4.72 Å². The summed E-state index contributed by atoms with van der Waals surface area (Å²) in [4.78, 5) is 3.91. The first kappa shape index (κ1) is 16.5.